The molecule has 0 aromatic rings. The molecule has 0 aromatic heterocycles. The Hall–Kier alpha value is -0.120. The normalized spacial score (nSPS) is 35.3. The third-order valence-corrected chi connectivity index (χ3v) is 4.54. The van der Waals surface area contributed by atoms with Crippen molar-refractivity contribution in [3.63, 3.8) is 0 Å². The van der Waals surface area contributed by atoms with Crippen LogP contribution in [-0.4, -0.2) is 51.3 Å². The minimum atomic E-state index is 0.363. The highest BCUT2D eigenvalue weighted by Crippen LogP contribution is 2.38. The van der Waals surface area contributed by atoms with Crippen molar-refractivity contribution in [1.29, 1.82) is 0 Å². The van der Waals surface area contributed by atoms with E-state index in [0.29, 0.717) is 5.41 Å². The van der Waals surface area contributed by atoms with E-state index in [2.05, 4.69) is 31.1 Å². The molecule has 0 amide bonds. The molecule has 1 saturated carbocycles. The largest absolute Gasteiger partial charge is 0.381 e. The summed E-state index contributed by atoms with van der Waals surface area (Å²) in [5, 5.41) is 3.59. The van der Waals surface area contributed by atoms with Crippen molar-refractivity contribution in [3.8, 4) is 0 Å². The number of hydrogen-bond acceptors (Lipinski definition) is 3. The second kappa shape index (κ2) is 6.36. The molecule has 106 valence electrons. The zero-order valence-corrected chi connectivity index (χ0v) is 12.4. The van der Waals surface area contributed by atoms with E-state index in [0.717, 1.165) is 38.1 Å². The van der Waals surface area contributed by atoms with Crippen molar-refractivity contribution in [2.75, 3.05) is 46.4 Å². The molecule has 2 rings (SSSR count). The first-order valence-electron chi connectivity index (χ1n) is 7.62. The van der Waals surface area contributed by atoms with Gasteiger partial charge in [0.25, 0.3) is 0 Å². The highest BCUT2D eigenvalue weighted by molar-refractivity contribution is 4.90. The minimum absolute atomic E-state index is 0.363. The molecule has 3 nitrogen and oxygen atoms in total. The predicted molar refractivity (Wildman–Crippen MR) is 75.8 cm³/mol. The number of hydrogen-bond donors (Lipinski definition) is 1. The van der Waals surface area contributed by atoms with Crippen molar-refractivity contribution >= 4 is 0 Å². The van der Waals surface area contributed by atoms with Crippen LogP contribution in [0.15, 0.2) is 0 Å². The summed E-state index contributed by atoms with van der Waals surface area (Å²) in [5.74, 6) is 1.92. The predicted octanol–water partition coefficient (Wildman–Crippen LogP) is 1.98. The molecule has 2 aliphatic rings. The van der Waals surface area contributed by atoms with Crippen LogP contribution in [0.1, 0.15) is 33.1 Å². The van der Waals surface area contributed by atoms with Crippen LogP contribution in [-0.2, 0) is 4.74 Å². The molecule has 0 spiro atoms. The van der Waals surface area contributed by atoms with Crippen molar-refractivity contribution < 1.29 is 4.74 Å². The molecule has 1 aliphatic heterocycles. The standard InChI is InChI=1S/C15H30N2O/c1-4-6-16-10-15(5-7-18-12-15)11-17(3)9-14-8-13(14)2/h13-14,16H,4-12H2,1-3H3. The van der Waals surface area contributed by atoms with Crippen LogP contribution in [0.5, 0.6) is 0 Å². The van der Waals surface area contributed by atoms with E-state index in [1.807, 2.05) is 0 Å². The number of rotatable bonds is 8. The fraction of sp³-hybridized carbons (Fsp3) is 1.00. The lowest BCUT2D eigenvalue weighted by atomic mass is 9.86. The van der Waals surface area contributed by atoms with Gasteiger partial charge in [0.05, 0.1) is 6.61 Å². The van der Waals surface area contributed by atoms with E-state index in [9.17, 15) is 0 Å². The Morgan fingerprint density at radius 1 is 1.44 bits per heavy atom. The zero-order chi connectivity index (χ0) is 13.0. The van der Waals surface area contributed by atoms with Gasteiger partial charge in [-0.05, 0) is 44.7 Å². The van der Waals surface area contributed by atoms with Crippen LogP contribution >= 0.6 is 0 Å². The minimum Gasteiger partial charge on any atom is -0.381 e. The number of ether oxygens (including phenoxy) is 1. The van der Waals surface area contributed by atoms with E-state index in [1.54, 1.807) is 0 Å². The highest BCUT2D eigenvalue weighted by Gasteiger charge is 2.38. The summed E-state index contributed by atoms with van der Waals surface area (Å²) in [4.78, 5) is 2.54. The quantitative estimate of drug-likeness (QED) is 0.670. The monoisotopic (exact) mass is 254 g/mol. The van der Waals surface area contributed by atoms with Crippen LogP contribution in [0.25, 0.3) is 0 Å². The molecule has 1 saturated heterocycles. The zero-order valence-electron chi connectivity index (χ0n) is 12.4. The average molecular weight is 254 g/mol. The van der Waals surface area contributed by atoms with E-state index >= 15 is 0 Å². The van der Waals surface area contributed by atoms with Gasteiger partial charge in [0.2, 0.25) is 0 Å². The van der Waals surface area contributed by atoms with Gasteiger partial charge >= 0.3 is 0 Å². The van der Waals surface area contributed by atoms with E-state index in [4.69, 9.17) is 4.74 Å². The Labute approximate surface area is 112 Å². The van der Waals surface area contributed by atoms with Crippen molar-refractivity contribution in [2.24, 2.45) is 17.3 Å². The molecular formula is C15H30N2O. The lowest BCUT2D eigenvalue weighted by Crippen LogP contribution is -2.44. The van der Waals surface area contributed by atoms with E-state index in [1.165, 1.54) is 32.4 Å². The number of nitrogens with one attached hydrogen (secondary N) is 1. The number of nitrogens with zero attached hydrogens (tertiary/aromatic N) is 1. The fourth-order valence-corrected chi connectivity index (χ4v) is 3.19. The molecule has 0 radical (unpaired) electrons. The molecule has 18 heavy (non-hydrogen) atoms. The fourth-order valence-electron chi connectivity index (χ4n) is 3.19. The lowest BCUT2D eigenvalue weighted by molar-refractivity contribution is 0.117. The second-order valence-corrected chi connectivity index (χ2v) is 6.65. The van der Waals surface area contributed by atoms with Gasteiger partial charge in [-0.1, -0.05) is 13.8 Å². The molecule has 2 fully saturated rings. The van der Waals surface area contributed by atoms with Crippen molar-refractivity contribution in [1.82, 2.24) is 10.2 Å². The maximum Gasteiger partial charge on any atom is 0.0547 e. The van der Waals surface area contributed by atoms with Gasteiger partial charge in [-0.3, -0.25) is 0 Å². The Bertz CT molecular complexity index is 251. The first-order chi connectivity index (χ1) is 8.65. The third kappa shape index (κ3) is 3.94. The van der Waals surface area contributed by atoms with Gasteiger partial charge in [0.15, 0.2) is 0 Å². The van der Waals surface area contributed by atoms with Crippen LogP contribution in [0.3, 0.4) is 0 Å². The Morgan fingerprint density at radius 2 is 2.22 bits per heavy atom. The van der Waals surface area contributed by atoms with Gasteiger partial charge in [-0.25, -0.2) is 0 Å². The first kappa shape index (κ1) is 14.3. The molecule has 3 heteroatoms. The van der Waals surface area contributed by atoms with Crippen molar-refractivity contribution in [3.05, 3.63) is 0 Å². The molecule has 1 aliphatic carbocycles. The van der Waals surface area contributed by atoms with Gasteiger partial charge in [0, 0.05) is 31.7 Å². The molecule has 1 N–H and O–H groups in total. The summed E-state index contributed by atoms with van der Waals surface area (Å²) in [5.41, 5.74) is 0.363. The molecule has 0 aromatic carbocycles. The van der Waals surface area contributed by atoms with Gasteiger partial charge < -0.3 is 15.0 Å². The lowest BCUT2D eigenvalue weighted by Gasteiger charge is -2.32. The topological polar surface area (TPSA) is 24.5 Å². The van der Waals surface area contributed by atoms with Crippen molar-refractivity contribution in [2.45, 2.75) is 33.1 Å². The van der Waals surface area contributed by atoms with Gasteiger partial charge in [0.1, 0.15) is 0 Å². The first-order valence-corrected chi connectivity index (χ1v) is 7.62. The van der Waals surface area contributed by atoms with Crippen LogP contribution < -0.4 is 5.32 Å². The summed E-state index contributed by atoms with van der Waals surface area (Å²) in [6.45, 7) is 11.2. The Morgan fingerprint density at radius 3 is 2.78 bits per heavy atom. The maximum atomic E-state index is 5.67. The summed E-state index contributed by atoms with van der Waals surface area (Å²) in [6, 6.07) is 0. The molecule has 3 unspecified atom stereocenters. The molecular weight excluding hydrogens is 224 g/mol. The SMILES string of the molecule is CCCNCC1(CN(C)CC2CC2C)CCOC1. The van der Waals surface area contributed by atoms with E-state index in [-0.39, 0.29) is 0 Å². The van der Waals surface area contributed by atoms with E-state index < -0.39 is 0 Å². The van der Waals surface area contributed by atoms with Crippen LogP contribution in [0, 0.1) is 17.3 Å². The van der Waals surface area contributed by atoms with Gasteiger partial charge in [-0.2, -0.15) is 0 Å². The summed E-state index contributed by atoms with van der Waals surface area (Å²) >= 11 is 0. The second-order valence-electron chi connectivity index (χ2n) is 6.65. The Kier molecular flexibility index (Phi) is 5.05. The molecule has 1 heterocycles. The maximum absolute atomic E-state index is 5.67. The summed E-state index contributed by atoms with van der Waals surface area (Å²) in [6.07, 6.45) is 3.86. The third-order valence-electron chi connectivity index (χ3n) is 4.54. The molecule has 0 bridgehead atoms. The van der Waals surface area contributed by atoms with Gasteiger partial charge in [-0.15, -0.1) is 0 Å². The Balaban J connectivity index is 1.77. The average Bonchev–Trinajstić information content (AvgIpc) is 2.83. The smallest absolute Gasteiger partial charge is 0.0547 e. The highest BCUT2D eigenvalue weighted by atomic mass is 16.5. The molecule has 3 atom stereocenters. The summed E-state index contributed by atoms with van der Waals surface area (Å²) in [7, 11) is 2.28. The van der Waals surface area contributed by atoms with Crippen LogP contribution in [0.4, 0.5) is 0 Å². The van der Waals surface area contributed by atoms with Crippen LogP contribution in [0.2, 0.25) is 0 Å². The summed E-state index contributed by atoms with van der Waals surface area (Å²) < 4.78 is 5.67.